The van der Waals surface area contributed by atoms with Gasteiger partial charge in [-0.25, -0.2) is 13.2 Å². The molecular formula is C40H58F3IN4O5S. The minimum absolute atomic E-state index is 0.0196. The Hall–Kier alpha value is -2.27. The first-order valence-electron chi connectivity index (χ1n) is 18.7. The minimum atomic E-state index is -5.08. The van der Waals surface area contributed by atoms with E-state index in [1.54, 1.807) is 0 Å². The lowest BCUT2D eigenvalue weighted by atomic mass is 9.45. The van der Waals surface area contributed by atoms with Gasteiger partial charge in [0.2, 0.25) is 15.9 Å². The molecule has 2 bridgehead atoms. The van der Waals surface area contributed by atoms with Crippen LogP contribution < -0.4 is 5.32 Å². The molecule has 0 spiro atoms. The number of sulfonamides is 1. The predicted octanol–water partition coefficient (Wildman–Crippen LogP) is 7.38. The Morgan fingerprint density at radius 3 is 2.22 bits per heavy atom. The Balaban J connectivity index is 0.000000845. The number of nitrogens with one attached hydrogen (secondary N) is 1. The highest BCUT2D eigenvalue weighted by atomic mass is 127. The number of rotatable bonds is 12. The first-order chi connectivity index (χ1) is 24.9. The number of likely N-dealkylation sites (N-methyl/N-ethyl adjacent to an activating group) is 1. The summed E-state index contributed by atoms with van der Waals surface area (Å²) in [6.45, 7) is 16.6. The third kappa shape index (κ3) is 11.4. The fourth-order valence-electron chi connectivity index (χ4n) is 8.64. The molecule has 3 saturated carbocycles. The molecule has 1 aliphatic heterocycles. The minimum Gasteiger partial charge on any atom is -0.475 e. The zero-order valence-electron chi connectivity index (χ0n) is 32.8. The van der Waals surface area contributed by atoms with Crippen molar-refractivity contribution >= 4 is 44.5 Å². The van der Waals surface area contributed by atoms with E-state index in [4.69, 9.17) is 9.90 Å². The van der Waals surface area contributed by atoms with E-state index in [2.05, 4.69) is 130 Å². The van der Waals surface area contributed by atoms with Crippen molar-refractivity contribution in [3.63, 3.8) is 0 Å². The van der Waals surface area contributed by atoms with Crippen molar-refractivity contribution in [3.8, 4) is 0 Å². The Kier molecular flexibility index (Phi) is 14.4. The Bertz CT molecular complexity index is 1730. The smallest absolute Gasteiger partial charge is 0.475 e. The third-order valence-corrected chi connectivity index (χ3v) is 14.5. The molecule has 2 aromatic rings. The van der Waals surface area contributed by atoms with E-state index in [0.717, 1.165) is 43.6 Å². The lowest BCUT2D eigenvalue weighted by Crippen LogP contribution is -2.61. The van der Waals surface area contributed by atoms with E-state index in [1.165, 1.54) is 19.9 Å². The summed E-state index contributed by atoms with van der Waals surface area (Å²) in [5.74, 6) is -1.22. The van der Waals surface area contributed by atoms with Crippen LogP contribution in [0.5, 0.6) is 0 Å². The van der Waals surface area contributed by atoms with Gasteiger partial charge in [0.15, 0.2) is 0 Å². The number of carbonyl (C=O) groups excluding carboxylic acids is 1. The number of carboxylic acid groups (broad SMARTS) is 1. The number of benzene rings is 2. The van der Waals surface area contributed by atoms with E-state index < -0.39 is 28.2 Å². The van der Waals surface area contributed by atoms with Gasteiger partial charge in [0.05, 0.1) is 5.75 Å². The maximum Gasteiger partial charge on any atom is 0.490 e. The molecule has 6 rings (SSSR count). The van der Waals surface area contributed by atoms with Crippen LogP contribution in [0.25, 0.3) is 0 Å². The topological polar surface area (TPSA) is 110 Å². The average molecular weight is 891 g/mol. The largest absolute Gasteiger partial charge is 0.490 e. The molecule has 1 amide bonds. The second-order valence-corrected chi connectivity index (χ2v) is 20.7. The summed E-state index contributed by atoms with van der Waals surface area (Å²) in [5, 5.41) is 10.4. The maximum atomic E-state index is 13.7. The molecule has 14 heteroatoms. The Labute approximate surface area is 333 Å². The van der Waals surface area contributed by atoms with Gasteiger partial charge in [0.25, 0.3) is 0 Å². The molecule has 3 aliphatic carbocycles. The van der Waals surface area contributed by atoms with E-state index in [1.807, 2.05) is 12.1 Å². The number of carbonyl (C=O) groups is 2. The number of amides is 1. The number of nitrogens with zero attached hydrogens (tertiary/aromatic N) is 3. The molecule has 1 heterocycles. The molecule has 302 valence electrons. The SMILES string of the molecule is C[C@@H]1[C@@H](NC(=O)C2CCS(=O)(=O)N2Cc2cccc(CN(Cc3ccccc3I)[C@H](CN(C)C)CC(C)(C)C)c2)C[C@H]2C[C@@H]1C2(C)C.O=C(O)C(F)(F)F. The second kappa shape index (κ2) is 17.5. The molecule has 1 saturated heterocycles. The van der Waals surface area contributed by atoms with Crippen LogP contribution in [0.15, 0.2) is 48.5 Å². The Morgan fingerprint density at radius 2 is 1.67 bits per heavy atom. The summed E-state index contributed by atoms with van der Waals surface area (Å²) < 4.78 is 61.1. The monoisotopic (exact) mass is 890 g/mol. The van der Waals surface area contributed by atoms with E-state index in [-0.39, 0.29) is 29.7 Å². The molecule has 1 unspecified atom stereocenters. The van der Waals surface area contributed by atoms with Crippen molar-refractivity contribution in [2.24, 2.45) is 28.6 Å². The van der Waals surface area contributed by atoms with Gasteiger partial charge in [-0.2, -0.15) is 17.5 Å². The maximum absolute atomic E-state index is 13.7. The molecule has 4 fully saturated rings. The van der Waals surface area contributed by atoms with Gasteiger partial charge in [-0.15, -0.1) is 0 Å². The fraction of sp³-hybridized carbons (Fsp3) is 0.650. The van der Waals surface area contributed by atoms with Crippen molar-refractivity contribution in [2.75, 3.05) is 26.4 Å². The summed E-state index contributed by atoms with van der Waals surface area (Å²) in [6.07, 6.45) is -1.46. The standard InChI is InChI=1S/C38H57IN4O3S.C2HF3O2/c1-26-32-19-30(38(32,5)6)20-34(26)40-36(44)35-16-17-47(45,46)43(35)23-28-13-11-12-27(18-28)22-42(24-29-14-9-10-15-33(29)39)31(25-41(7)8)21-37(2,3)4;3-2(4,5)1(6)7/h9-15,18,26,30-32,34-35H,16-17,19-25H2,1-8H3,(H,40,44);(H,6,7)/t26-,30+,31-,32-,34-,35?;/m0./s1. The molecule has 4 aliphatic rings. The van der Waals surface area contributed by atoms with Crippen molar-refractivity contribution in [3.05, 3.63) is 68.8 Å². The first-order valence-corrected chi connectivity index (χ1v) is 21.4. The van der Waals surface area contributed by atoms with Gasteiger partial charge in [0, 0.05) is 41.8 Å². The van der Waals surface area contributed by atoms with Gasteiger partial charge < -0.3 is 15.3 Å². The highest BCUT2D eigenvalue weighted by molar-refractivity contribution is 14.1. The number of hydrogen-bond donors (Lipinski definition) is 2. The van der Waals surface area contributed by atoms with E-state index in [0.29, 0.717) is 35.6 Å². The summed E-state index contributed by atoms with van der Waals surface area (Å²) in [7, 11) is 0.755. The molecular weight excluding hydrogens is 832 g/mol. The van der Waals surface area contributed by atoms with Gasteiger partial charge in [-0.1, -0.05) is 84.0 Å². The van der Waals surface area contributed by atoms with Crippen LogP contribution in [0.3, 0.4) is 0 Å². The van der Waals surface area contributed by atoms with Gasteiger partial charge in [-0.3, -0.25) is 9.69 Å². The first kappa shape index (κ1) is 44.4. The summed E-state index contributed by atoms with van der Waals surface area (Å²) >= 11 is 2.44. The predicted molar refractivity (Wildman–Crippen MR) is 214 cm³/mol. The highest BCUT2D eigenvalue weighted by Gasteiger charge is 2.57. The van der Waals surface area contributed by atoms with Crippen molar-refractivity contribution in [1.82, 2.24) is 19.4 Å². The van der Waals surface area contributed by atoms with Crippen LogP contribution in [0.4, 0.5) is 13.2 Å². The van der Waals surface area contributed by atoms with Gasteiger partial charge >= 0.3 is 12.1 Å². The molecule has 0 aromatic heterocycles. The third-order valence-electron chi connectivity index (χ3n) is 11.6. The average Bonchev–Trinajstić information content (AvgIpc) is 3.34. The summed E-state index contributed by atoms with van der Waals surface area (Å²) in [6, 6.07) is 16.7. The summed E-state index contributed by atoms with van der Waals surface area (Å²) in [5.41, 5.74) is 3.89. The zero-order chi connectivity index (χ0) is 40.4. The fourth-order valence-corrected chi connectivity index (χ4v) is 10.9. The van der Waals surface area contributed by atoms with E-state index >= 15 is 0 Å². The van der Waals surface area contributed by atoms with Crippen LogP contribution >= 0.6 is 22.6 Å². The van der Waals surface area contributed by atoms with Crippen molar-refractivity contribution in [1.29, 1.82) is 0 Å². The van der Waals surface area contributed by atoms with Crippen LogP contribution in [0, 0.1) is 32.2 Å². The molecule has 2 aromatic carbocycles. The Morgan fingerprint density at radius 1 is 1.04 bits per heavy atom. The number of aliphatic carboxylic acids is 1. The van der Waals surface area contributed by atoms with Crippen LogP contribution in [0.1, 0.15) is 83.9 Å². The molecule has 6 atom stereocenters. The van der Waals surface area contributed by atoms with Gasteiger partial charge in [-0.05, 0) is 114 Å². The molecule has 2 N–H and O–H groups in total. The van der Waals surface area contributed by atoms with Crippen molar-refractivity contribution in [2.45, 2.75) is 111 Å². The quantitative estimate of drug-likeness (QED) is 0.214. The number of alkyl halides is 3. The number of hydrogen-bond acceptors (Lipinski definition) is 6. The zero-order valence-corrected chi connectivity index (χ0v) is 35.8. The molecule has 54 heavy (non-hydrogen) atoms. The van der Waals surface area contributed by atoms with Crippen LogP contribution in [-0.2, 0) is 39.2 Å². The van der Waals surface area contributed by atoms with Crippen LogP contribution in [-0.4, -0.2) is 90.2 Å². The molecule has 9 nitrogen and oxygen atoms in total. The lowest BCUT2D eigenvalue weighted by Gasteiger charge is -2.62. The van der Waals surface area contributed by atoms with Gasteiger partial charge in [0.1, 0.15) is 6.04 Å². The number of carboxylic acids is 1. The van der Waals surface area contributed by atoms with Crippen LogP contribution in [0.2, 0.25) is 0 Å². The normalized spacial score (nSPS) is 25.4. The highest BCUT2D eigenvalue weighted by Crippen LogP contribution is 2.61. The number of fused-ring (bicyclic) bond motifs is 2. The second-order valence-electron chi connectivity index (χ2n) is 17.5. The summed E-state index contributed by atoms with van der Waals surface area (Å²) in [4.78, 5) is 27.4. The van der Waals surface area contributed by atoms with Crippen molar-refractivity contribution < 1.29 is 36.3 Å². The molecule has 0 radical (unpaired) electrons. The lowest BCUT2D eigenvalue weighted by molar-refractivity contribution is -0.192. The van der Waals surface area contributed by atoms with E-state index in [9.17, 15) is 26.4 Å². The number of halogens is 4.